The van der Waals surface area contributed by atoms with Crippen LogP contribution in [-0.4, -0.2) is 31.3 Å². The van der Waals surface area contributed by atoms with Gasteiger partial charge in [-0.15, -0.1) is 0 Å². The molecule has 0 saturated heterocycles. The van der Waals surface area contributed by atoms with Crippen molar-refractivity contribution in [3.05, 3.63) is 0 Å². The summed E-state index contributed by atoms with van der Waals surface area (Å²) in [5.74, 6) is -0.539. The summed E-state index contributed by atoms with van der Waals surface area (Å²) in [6.07, 6.45) is -0.896. The molecule has 0 aromatic heterocycles. The van der Waals surface area contributed by atoms with Gasteiger partial charge in [0, 0.05) is 0 Å². The van der Waals surface area contributed by atoms with Gasteiger partial charge < -0.3 is 20.9 Å². The zero-order chi connectivity index (χ0) is 9.56. The van der Waals surface area contributed by atoms with E-state index in [9.17, 15) is 9.59 Å². The first kappa shape index (κ1) is 10.7. The molecule has 0 rings (SSSR count). The molecule has 0 aliphatic heterocycles. The van der Waals surface area contributed by atoms with Crippen molar-refractivity contribution in [1.29, 1.82) is 0 Å². The maximum Gasteiger partial charge on any atom is 0.404 e. The summed E-state index contributed by atoms with van der Waals surface area (Å²) in [6, 6.07) is -0.668. The van der Waals surface area contributed by atoms with Gasteiger partial charge >= 0.3 is 12.1 Å². The predicted molar refractivity (Wildman–Crippen MR) is 40.1 cm³/mol. The van der Waals surface area contributed by atoms with Crippen molar-refractivity contribution in [2.45, 2.75) is 13.0 Å². The van der Waals surface area contributed by atoms with Crippen LogP contribution in [0.5, 0.6) is 0 Å². The second-order valence-electron chi connectivity index (χ2n) is 2.12. The van der Waals surface area contributed by atoms with Gasteiger partial charge in [0.15, 0.2) is 0 Å². The molecule has 12 heavy (non-hydrogen) atoms. The van der Waals surface area contributed by atoms with E-state index < -0.39 is 18.1 Å². The zero-order valence-corrected chi connectivity index (χ0v) is 6.78. The number of rotatable bonds is 4. The van der Waals surface area contributed by atoms with E-state index in [2.05, 4.69) is 15.2 Å². The largest absolute Gasteiger partial charge is 0.461 e. The van der Waals surface area contributed by atoms with Crippen LogP contribution in [0.15, 0.2) is 0 Å². The van der Waals surface area contributed by atoms with E-state index >= 15 is 0 Å². The first-order chi connectivity index (χ1) is 5.54. The molecule has 6 nitrogen and oxygen atoms in total. The third-order valence-electron chi connectivity index (χ3n) is 0.944. The highest BCUT2D eigenvalue weighted by Gasteiger charge is 2.07. The molecule has 70 valence electrons. The van der Waals surface area contributed by atoms with Crippen molar-refractivity contribution in [1.82, 2.24) is 0 Å². The molecular formula is C6H12N2O4. The first-order valence-electron chi connectivity index (χ1n) is 3.38. The molecule has 1 atom stereocenters. The van der Waals surface area contributed by atoms with Gasteiger partial charge in [0.1, 0.15) is 19.3 Å². The molecule has 0 heterocycles. The normalized spacial score (nSPS) is 11.8. The van der Waals surface area contributed by atoms with E-state index in [1.807, 2.05) is 0 Å². The summed E-state index contributed by atoms with van der Waals surface area (Å²) in [6.45, 7) is 1.42. The van der Waals surface area contributed by atoms with Crippen molar-refractivity contribution in [3.8, 4) is 0 Å². The number of hydrogen-bond donors (Lipinski definition) is 2. The maximum absolute atomic E-state index is 10.7. The highest BCUT2D eigenvalue weighted by atomic mass is 16.6. The molecule has 0 aromatic rings. The van der Waals surface area contributed by atoms with Crippen LogP contribution in [0, 0.1) is 0 Å². The highest BCUT2D eigenvalue weighted by molar-refractivity contribution is 5.74. The minimum Gasteiger partial charge on any atom is -0.461 e. The average molecular weight is 176 g/mol. The van der Waals surface area contributed by atoms with E-state index in [-0.39, 0.29) is 13.2 Å². The van der Waals surface area contributed by atoms with Crippen molar-refractivity contribution < 1.29 is 19.1 Å². The standard InChI is InChI=1S/C6H12N2O4/c1-4(7)5(9)11-2-3-12-6(8)10/h4H,2-3,7H2,1H3,(H2,8,10). The van der Waals surface area contributed by atoms with Gasteiger partial charge in [0.05, 0.1) is 0 Å². The molecule has 0 saturated carbocycles. The maximum atomic E-state index is 10.7. The minimum atomic E-state index is -0.896. The van der Waals surface area contributed by atoms with E-state index in [4.69, 9.17) is 5.73 Å². The summed E-state index contributed by atoms with van der Waals surface area (Å²) in [5.41, 5.74) is 9.81. The number of amides is 1. The third-order valence-corrected chi connectivity index (χ3v) is 0.944. The van der Waals surface area contributed by atoms with E-state index in [1.54, 1.807) is 0 Å². The van der Waals surface area contributed by atoms with Crippen LogP contribution in [0.25, 0.3) is 0 Å². The van der Waals surface area contributed by atoms with Crippen LogP contribution in [0.3, 0.4) is 0 Å². The summed E-state index contributed by atoms with van der Waals surface area (Å²) in [7, 11) is 0. The van der Waals surface area contributed by atoms with E-state index in [0.717, 1.165) is 0 Å². The molecule has 0 spiro atoms. The van der Waals surface area contributed by atoms with Gasteiger partial charge in [0.25, 0.3) is 0 Å². The zero-order valence-electron chi connectivity index (χ0n) is 6.78. The van der Waals surface area contributed by atoms with Crippen LogP contribution in [-0.2, 0) is 14.3 Å². The second kappa shape index (κ2) is 5.36. The number of primary amides is 1. The van der Waals surface area contributed by atoms with Gasteiger partial charge in [-0.25, -0.2) is 4.79 Å². The Hall–Kier alpha value is -1.30. The predicted octanol–water partition coefficient (Wildman–Crippen LogP) is -1.03. The number of hydrogen-bond acceptors (Lipinski definition) is 5. The second-order valence-corrected chi connectivity index (χ2v) is 2.12. The Kier molecular flexibility index (Phi) is 4.78. The lowest BCUT2D eigenvalue weighted by molar-refractivity contribution is -0.145. The van der Waals surface area contributed by atoms with Crippen LogP contribution >= 0.6 is 0 Å². The Labute approximate surface area is 69.8 Å². The number of ether oxygens (including phenoxy) is 2. The van der Waals surface area contributed by atoms with Crippen molar-refractivity contribution in [3.63, 3.8) is 0 Å². The Morgan fingerprint density at radius 3 is 2.25 bits per heavy atom. The van der Waals surface area contributed by atoms with Gasteiger partial charge in [-0.1, -0.05) is 0 Å². The molecule has 4 N–H and O–H groups in total. The molecule has 0 aliphatic rings. The smallest absolute Gasteiger partial charge is 0.404 e. The molecule has 0 radical (unpaired) electrons. The summed E-state index contributed by atoms with van der Waals surface area (Å²) < 4.78 is 8.85. The van der Waals surface area contributed by atoms with Gasteiger partial charge in [0.2, 0.25) is 0 Å². The number of nitrogens with two attached hydrogens (primary N) is 2. The number of carbonyl (C=O) groups excluding carboxylic acids is 2. The Morgan fingerprint density at radius 1 is 1.33 bits per heavy atom. The van der Waals surface area contributed by atoms with Crippen LogP contribution in [0.2, 0.25) is 0 Å². The third kappa shape index (κ3) is 5.48. The molecule has 1 unspecified atom stereocenters. The summed E-state index contributed by atoms with van der Waals surface area (Å²) in [5, 5.41) is 0. The van der Waals surface area contributed by atoms with Crippen molar-refractivity contribution in [2.24, 2.45) is 11.5 Å². The fraction of sp³-hybridized carbons (Fsp3) is 0.667. The molecule has 0 fully saturated rings. The van der Waals surface area contributed by atoms with Crippen molar-refractivity contribution in [2.75, 3.05) is 13.2 Å². The Bertz CT molecular complexity index is 169. The molecule has 6 heteroatoms. The lowest BCUT2D eigenvalue weighted by atomic mass is 10.4. The molecule has 1 amide bonds. The lowest BCUT2D eigenvalue weighted by Crippen LogP contribution is -2.30. The number of esters is 1. The highest BCUT2D eigenvalue weighted by Crippen LogP contribution is 1.84. The first-order valence-corrected chi connectivity index (χ1v) is 3.38. The Balaban J connectivity index is 3.32. The lowest BCUT2D eigenvalue weighted by Gasteiger charge is -2.06. The summed E-state index contributed by atoms with van der Waals surface area (Å²) >= 11 is 0. The molecule has 0 aliphatic carbocycles. The SMILES string of the molecule is CC(N)C(=O)OCCOC(N)=O. The van der Waals surface area contributed by atoms with Gasteiger partial charge in [-0.05, 0) is 6.92 Å². The van der Waals surface area contributed by atoms with E-state index in [0.29, 0.717) is 0 Å². The van der Waals surface area contributed by atoms with Gasteiger partial charge in [-0.2, -0.15) is 0 Å². The summed E-state index contributed by atoms with van der Waals surface area (Å²) in [4.78, 5) is 20.7. The van der Waals surface area contributed by atoms with E-state index in [1.165, 1.54) is 6.92 Å². The number of carbonyl (C=O) groups is 2. The van der Waals surface area contributed by atoms with Crippen molar-refractivity contribution >= 4 is 12.1 Å². The molecular weight excluding hydrogens is 164 g/mol. The fourth-order valence-electron chi connectivity index (χ4n) is 0.416. The molecule has 0 aromatic carbocycles. The van der Waals surface area contributed by atoms with Crippen LogP contribution < -0.4 is 11.5 Å². The topological polar surface area (TPSA) is 105 Å². The Morgan fingerprint density at radius 2 is 1.83 bits per heavy atom. The monoisotopic (exact) mass is 176 g/mol. The molecule has 0 bridgehead atoms. The minimum absolute atomic E-state index is 0.0245. The van der Waals surface area contributed by atoms with Crippen LogP contribution in [0.1, 0.15) is 6.92 Å². The van der Waals surface area contributed by atoms with Crippen LogP contribution in [0.4, 0.5) is 4.79 Å². The average Bonchev–Trinajstić information content (AvgIpc) is 1.97. The fourth-order valence-corrected chi connectivity index (χ4v) is 0.416. The quantitative estimate of drug-likeness (QED) is 0.421. The van der Waals surface area contributed by atoms with Gasteiger partial charge in [-0.3, -0.25) is 4.79 Å².